The fourth-order valence-corrected chi connectivity index (χ4v) is 5.90. The molecule has 52 heavy (non-hydrogen) atoms. The number of benzene rings is 3. The minimum absolute atomic E-state index is 0.176. The van der Waals surface area contributed by atoms with Crippen LogP contribution in [-0.2, 0) is 30.2 Å². The standard InChI is InChI=1S/C40H50ClN3O7Si/c1-40(2,3)51-39(47)44-36(30-16-18-31(19-17-30)48-23-24-50-35-14-10-11-22-49-35)38(46)43-34(27-28-12-8-7-9-13-28)37(45)42-33-20-15-29(26-32(33)41)21-25-52(4,5)6/h7-9,12-13,15-20,26,34-36H,10-11,14,22-24,27H2,1-6H3,(H,42,45)(H,43,46)(H,44,47)/t34-,35-,36?/m0/s1. The molecule has 3 aromatic carbocycles. The maximum atomic E-state index is 14.1. The largest absolute Gasteiger partial charge is 0.491 e. The smallest absolute Gasteiger partial charge is 0.408 e. The number of carbonyl (C=O) groups is 3. The van der Waals surface area contributed by atoms with Crippen LogP contribution in [0.25, 0.3) is 0 Å². The maximum absolute atomic E-state index is 14.1. The van der Waals surface area contributed by atoms with E-state index in [1.54, 1.807) is 63.2 Å². The van der Waals surface area contributed by atoms with E-state index in [-0.39, 0.29) is 12.7 Å². The van der Waals surface area contributed by atoms with Crippen molar-refractivity contribution >= 4 is 43.3 Å². The molecular formula is C40H50ClN3O7Si. The lowest BCUT2D eigenvalue weighted by Gasteiger charge is -2.26. The highest BCUT2D eigenvalue weighted by atomic mass is 35.5. The molecule has 3 aromatic rings. The van der Waals surface area contributed by atoms with Crippen molar-refractivity contribution in [2.24, 2.45) is 0 Å². The monoisotopic (exact) mass is 747 g/mol. The molecular weight excluding hydrogens is 698 g/mol. The van der Waals surface area contributed by atoms with E-state index in [0.29, 0.717) is 41.8 Å². The SMILES string of the molecule is CC(C)(C)OC(=O)NC(C(=O)N[C@@H](Cc1ccccc1)C(=O)Nc1ccc(C#C[Si](C)(C)C)cc1Cl)c1ccc(OCCO[C@H]2CCCCO2)cc1. The van der Waals surface area contributed by atoms with Gasteiger partial charge in [-0.05, 0) is 81.5 Å². The summed E-state index contributed by atoms with van der Waals surface area (Å²) in [5.41, 5.74) is 4.91. The highest BCUT2D eigenvalue weighted by molar-refractivity contribution is 6.83. The number of halogens is 1. The maximum Gasteiger partial charge on any atom is 0.408 e. The zero-order valence-electron chi connectivity index (χ0n) is 30.8. The molecule has 4 rings (SSSR count). The summed E-state index contributed by atoms with van der Waals surface area (Å²) in [6.45, 7) is 13.0. The second kappa shape index (κ2) is 18.9. The molecule has 1 heterocycles. The summed E-state index contributed by atoms with van der Waals surface area (Å²) in [4.78, 5) is 40.9. The van der Waals surface area contributed by atoms with Gasteiger partial charge in [0, 0.05) is 18.6 Å². The number of hydrogen-bond acceptors (Lipinski definition) is 7. The number of anilines is 1. The number of nitrogens with one attached hydrogen (secondary N) is 3. The van der Waals surface area contributed by atoms with Crippen molar-refractivity contribution in [1.82, 2.24) is 10.6 Å². The van der Waals surface area contributed by atoms with E-state index in [1.165, 1.54) is 0 Å². The predicted octanol–water partition coefficient (Wildman–Crippen LogP) is 7.42. The van der Waals surface area contributed by atoms with Crippen LogP contribution in [0.15, 0.2) is 72.8 Å². The van der Waals surface area contributed by atoms with Crippen molar-refractivity contribution in [3.8, 4) is 17.2 Å². The van der Waals surface area contributed by atoms with Gasteiger partial charge >= 0.3 is 6.09 Å². The Labute approximate surface area is 313 Å². The van der Waals surface area contributed by atoms with Gasteiger partial charge in [0.05, 0.1) is 17.3 Å². The number of amides is 3. The Bertz CT molecular complexity index is 1710. The molecule has 1 saturated heterocycles. The number of rotatable bonds is 13. The van der Waals surface area contributed by atoms with Gasteiger partial charge in [-0.15, -0.1) is 5.54 Å². The van der Waals surface area contributed by atoms with Crippen LogP contribution < -0.4 is 20.7 Å². The zero-order valence-corrected chi connectivity index (χ0v) is 32.6. The van der Waals surface area contributed by atoms with Gasteiger partial charge in [0.1, 0.15) is 38.1 Å². The second-order valence-electron chi connectivity index (χ2n) is 14.6. The lowest BCUT2D eigenvalue weighted by Crippen LogP contribution is -2.50. The van der Waals surface area contributed by atoms with Crippen LogP contribution in [0.2, 0.25) is 24.7 Å². The number of carbonyl (C=O) groups excluding carboxylic acids is 3. The van der Waals surface area contributed by atoms with Crippen molar-refractivity contribution < 1.29 is 33.3 Å². The first-order chi connectivity index (χ1) is 24.6. The van der Waals surface area contributed by atoms with Gasteiger partial charge < -0.3 is 34.9 Å². The van der Waals surface area contributed by atoms with Crippen LogP contribution in [0.4, 0.5) is 10.5 Å². The average Bonchev–Trinajstić information content (AvgIpc) is 3.09. The summed E-state index contributed by atoms with van der Waals surface area (Å²) < 4.78 is 22.7. The molecule has 0 spiro atoms. The van der Waals surface area contributed by atoms with E-state index in [2.05, 4.69) is 47.1 Å². The van der Waals surface area contributed by atoms with Gasteiger partial charge in [0.15, 0.2) is 6.29 Å². The van der Waals surface area contributed by atoms with E-state index in [0.717, 1.165) is 30.4 Å². The highest BCUT2D eigenvalue weighted by Gasteiger charge is 2.30. The normalized spacial score (nSPS) is 15.6. The Morgan fingerprint density at radius 1 is 0.942 bits per heavy atom. The molecule has 0 radical (unpaired) electrons. The molecule has 1 unspecified atom stereocenters. The number of hydrogen-bond donors (Lipinski definition) is 3. The van der Waals surface area contributed by atoms with Gasteiger partial charge in [0.25, 0.3) is 0 Å². The van der Waals surface area contributed by atoms with Crippen molar-refractivity contribution in [2.45, 2.75) is 90.1 Å². The molecule has 0 saturated carbocycles. The molecule has 12 heteroatoms. The molecule has 10 nitrogen and oxygen atoms in total. The summed E-state index contributed by atoms with van der Waals surface area (Å²) in [6.07, 6.45) is 2.17. The zero-order chi connectivity index (χ0) is 37.7. The van der Waals surface area contributed by atoms with E-state index in [1.807, 2.05) is 30.3 Å². The average molecular weight is 748 g/mol. The summed E-state index contributed by atoms with van der Waals surface area (Å²) in [5.74, 6) is 2.63. The quantitative estimate of drug-likeness (QED) is 0.0945. The van der Waals surface area contributed by atoms with Gasteiger partial charge in [-0.25, -0.2) is 4.79 Å². The first kappa shape index (κ1) is 40.4. The van der Waals surface area contributed by atoms with E-state index in [4.69, 9.17) is 30.5 Å². The van der Waals surface area contributed by atoms with Crippen LogP contribution in [-0.4, -0.2) is 63.7 Å². The van der Waals surface area contributed by atoms with E-state index < -0.39 is 43.7 Å². The topological polar surface area (TPSA) is 124 Å². The van der Waals surface area contributed by atoms with Crippen LogP contribution >= 0.6 is 11.6 Å². The molecule has 0 aromatic heterocycles. The Hall–Kier alpha value is -4.34. The Morgan fingerprint density at radius 3 is 2.31 bits per heavy atom. The fraction of sp³-hybridized carbons (Fsp3) is 0.425. The molecule has 278 valence electrons. The first-order valence-corrected chi connectivity index (χ1v) is 21.5. The third kappa shape index (κ3) is 14.0. The molecule has 0 bridgehead atoms. The van der Waals surface area contributed by atoms with Crippen LogP contribution in [0, 0.1) is 11.5 Å². The molecule has 3 N–H and O–H groups in total. The van der Waals surface area contributed by atoms with Crippen molar-refractivity contribution in [1.29, 1.82) is 0 Å². The Balaban J connectivity index is 1.51. The summed E-state index contributed by atoms with van der Waals surface area (Å²) in [5, 5.41) is 8.74. The summed E-state index contributed by atoms with van der Waals surface area (Å²) >= 11 is 6.58. The van der Waals surface area contributed by atoms with Crippen LogP contribution in [0.1, 0.15) is 62.8 Å². The third-order valence-electron chi connectivity index (χ3n) is 7.65. The first-order valence-electron chi connectivity index (χ1n) is 17.6. The van der Waals surface area contributed by atoms with Crippen molar-refractivity contribution in [3.63, 3.8) is 0 Å². The van der Waals surface area contributed by atoms with Gasteiger partial charge in [-0.1, -0.05) is 79.6 Å². The number of ether oxygens (including phenoxy) is 4. The molecule has 0 aliphatic carbocycles. The molecule has 1 aliphatic heterocycles. The van der Waals surface area contributed by atoms with Gasteiger partial charge in [0.2, 0.25) is 11.8 Å². The lowest BCUT2D eigenvalue weighted by atomic mass is 10.0. The van der Waals surface area contributed by atoms with E-state index in [9.17, 15) is 14.4 Å². The molecule has 3 amide bonds. The van der Waals surface area contributed by atoms with Gasteiger partial charge in [-0.2, -0.15) is 0 Å². The van der Waals surface area contributed by atoms with Crippen molar-refractivity contribution in [3.05, 3.63) is 94.5 Å². The van der Waals surface area contributed by atoms with Crippen LogP contribution in [0.5, 0.6) is 5.75 Å². The Morgan fingerprint density at radius 2 is 1.67 bits per heavy atom. The van der Waals surface area contributed by atoms with Gasteiger partial charge in [-0.3, -0.25) is 9.59 Å². The predicted molar refractivity (Wildman–Crippen MR) is 206 cm³/mol. The van der Waals surface area contributed by atoms with Crippen molar-refractivity contribution in [2.75, 3.05) is 25.1 Å². The lowest BCUT2D eigenvalue weighted by molar-refractivity contribution is -0.165. The van der Waals surface area contributed by atoms with Crippen LogP contribution in [0.3, 0.4) is 0 Å². The number of alkyl carbamates (subject to hydrolysis) is 1. The second-order valence-corrected chi connectivity index (χ2v) is 19.8. The molecule has 1 fully saturated rings. The molecule has 3 atom stereocenters. The summed E-state index contributed by atoms with van der Waals surface area (Å²) in [6, 6.07) is 19.1. The summed E-state index contributed by atoms with van der Waals surface area (Å²) in [7, 11) is -1.60. The van der Waals surface area contributed by atoms with E-state index >= 15 is 0 Å². The minimum Gasteiger partial charge on any atom is -0.491 e. The third-order valence-corrected chi connectivity index (χ3v) is 8.84. The highest BCUT2D eigenvalue weighted by Crippen LogP contribution is 2.24. The fourth-order valence-electron chi connectivity index (χ4n) is 5.15. The minimum atomic E-state index is -1.60. The Kier molecular flexibility index (Phi) is 14.7. The molecule has 1 aliphatic rings.